The molecule has 2 saturated heterocycles. The van der Waals surface area contributed by atoms with E-state index in [2.05, 4.69) is 15.0 Å². The Labute approximate surface area is 109 Å². The second-order valence-electron chi connectivity index (χ2n) is 4.90. The highest BCUT2D eigenvalue weighted by Gasteiger charge is 2.35. The van der Waals surface area contributed by atoms with Gasteiger partial charge in [0.05, 0.1) is 12.2 Å². The number of morpholine rings is 1. The summed E-state index contributed by atoms with van der Waals surface area (Å²) in [4.78, 5) is 6.67. The minimum absolute atomic E-state index is 0.285. The molecule has 2 fully saturated rings. The molecule has 4 heterocycles. The van der Waals surface area contributed by atoms with Crippen LogP contribution in [0.4, 0.5) is 5.82 Å². The van der Waals surface area contributed by atoms with Crippen molar-refractivity contribution in [3.8, 4) is 0 Å². The molecule has 0 N–H and O–H groups in total. The first kappa shape index (κ1) is 10.6. The van der Waals surface area contributed by atoms with Crippen molar-refractivity contribution < 1.29 is 4.74 Å². The van der Waals surface area contributed by atoms with Gasteiger partial charge >= 0.3 is 0 Å². The van der Waals surface area contributed by atoms with Crippen molar-refractivity contribution in [2.75, 3.05) is 18.0 Å². The molecule has 0 aromatic carbocycles. The van der Waals surface area contributed by atoms with Crippen LogP contribution in [0.3, 0.4) is 0 Å². The fraction of sp³-hybridized carbons (Fsp3) is 0.500. The summed E-state index contributed by atoms with van der Waals surface area (Å²) < 4.78 is 7.63. The Balaban J connectivity index is 1.79. The third-order valence-electron chi connectivity index (χ3n) is 3.69. The van der Waals surface area contributed by atoms with E-state index in [0.29, 0.717) is 12.2 Å². The summed E-state index contributed by atoms with van der Waals surface area (Å²) in [6, 6.07) is 3.97. The summed E-state index contributed by atoms with van der Waals surface area (Å²) in [5.41, 5.74) is 1.00. The maximum atomic E-state index is 5.99. The molecule has 94 valence electrons. The predicted molar refractivity (Wildman–Crippen MR) is 68.1 cm³/mol. The molecule has 0 unspecified atom stereocenters. The Morgan fingerprint density at radius 1 is 1.28 bits per heavy atom. The Bertz CT molecular complexity index is 587. The lowest BCUT2D eigenvalue weighted by Crippen LogP contribution is -2.43. The monoisotopic (exact) mass is 264 g/mol. The van der Waals surface area contributed by atoms with Gasteiger partial charge in [0.15, 0.2) is 5.82 Å². The number of hydrogen-bond donors (Lipinski definition) is 0. The predicted octanol–water partition coefficient (Wildman–Crippen LogP) is 1.75. The number of ether oxygens (including phenoxy) is 1. The van der Waals surface area contributed by atoms with Crippen molar-refractivity contribution in [3.05, 3.63) is 23.6 Å². The van der Waals surface area contributed by atoms with Crippen LogP contribution in [0.25, 0.3) is 5.52 Å². The third-order valence-corrected chi connectivity index (χ3v) is 3.85. The molecule has 2 bridgehead atoms. The highest BCUT2D eigenvalue weighted by Crippen LogP contribution is 2.31. The van der Waals surface area contributed by atoms with E-state index < -0.39 is 0 Å². The molecule has 0 aliphatic carbocycles. The summed E-state index contributed by atoms with van der Waals surface area (Å²) in [5.74, 6) is 0.917. The number of nitrogens with zero attached hydrogens (tertiary/aromatic N) is 4. The molecular weight excluding hydrogens is 252 g/mol. The van der Waals surface area contributed by atoms with Crippen molar-refractivity contribution in [1.29, 1.82) is 0 Å². The van der Waals surface area contributed by atoms with E-state index >= 15 is 0 Å². The van der Waals surface area contributed by atoms with Crippen LogP contribution in [0.2, 0.25) is 5.28 Å². The molecule has 5 nitrogen and oxygen atoms in total. The number of rotatable bonds is 1. The molecule has 18 heavy (non-hydrogen) atoms. The second-order valence-corrected chi connectivity index (χ2v) is 5.24. The molecule has 0 amide bonds. The molecule has 2 aliphatic rings. The van der Waals surface area contributed by atoms with Gasteiger partial charge in [0, 0.05) is 19.3 Å². The van der Waals surface area contributed by atoms with E-state index in [1.807, 2.05) is 18.3 Å². The zero-order valence-corrected chi connectivity index (χ0v) is 10.5. The van der Waals surface area contributed by atoms with Crippen molar-refractivity contribution in [2.45, 2.75) is 25.0 Å². The maximum absolute atomic E-state index is 5.99. The molecule has 4 rings (SSSR count). The lowest BCUT2D eigenvalue weighted by atomic mass is 10.2. The fourth-order valence-electron chi connectivity index (χ4n) is 2.91. The summed E-state index contributed by atoms with van der Waals surface area (Å²) in [6.45, 7) is 1.79. The quantitative estimate of drug-likeness (QED) is 0.787. The van der Waals surface area contributed by atoms with Crippen molar-refractivity contribution in [2.24, 2.45) is 0 Å². The van der Waals surface area contributed by atoms with Crippen molar-refractivity contribution >= 4 is 22.9 Å². The van der Waals surface area contributed by atoms with Crippen LogP contribution in [-0.2, 0) is 4.74 Å². The average Bonchev–Trinajstić information content (AvgIpc) is 2.94. The number of fused-ring (bicyclic) bond motifs is 3. The molecule has 2 aliphatic heterocycles. The molecule has 2 aromatic heterocycles. The van der Waals surface area contributed by atoms with Gasteiger partial charge < -0.3 is 9.64 Å². The van der Waals surface area contributed by atoms with Crippen LogP contribution in [-0.4, -0.2) is 39.9 Å². The lowest BCUT2D eigenvalue weighted by molar-refractivity contribution is 0.0303. The highest BCUT2D eigenvalue weighted by molar-refractivity contribution is 6.28. The smallest absolute Gasteiger partial charge is 0.243 e. The maximum Gasteiger partial charge on any atom is 0.243 e. The van der Waals surface area contributed by atoms with Gasteiger partial charge in [-0.05, 0) is 36.6 Å². The van der Waals surface area contributed by atoms with E-state index in [1.54, 1.807) is 4.52 Å². The average molecular weight is 265 g/mol. The Morgan fingerprint density at radius 3 is 2.83 bits per heavy atom. The zero-order valence-electron chi connectivity index (χ0n) is 9.79. The normalized spacial score (nSPS) is 27.1. The topological polar surface area (TPSA) is 42.7 Å². The molecular formula is C12H13ClN4O. The minimum atomic E-state index is 0.285. The largest absolute Gasteiger partial charge is 0.371 e. The highest BCUT2D eigenvalue weighted by atomic mass is 35.5. The number of aromatic nitrogens is 3. The molecule has 2 aromatic rings. The first-order valence-corrected chi connectivity index (χ1v) is 6.59. The Hall–Kier alpha value is -1.33. The molecule has 6 heteroatoms. The van der Waals surface area contributed by atoms with Crippen LogP contribution in [0, 0.1) is 0 Å². The molecule has 0 saturated carbocycles. The van der Waals surface area contributed by atoms with E-state index in [0.717, 1.165) is 37.3 Å². The van der Waals surface area contributed by atoms with E-state index in [-0.39, 0.29) is 5.28 Å². The molecule has 2 atom stereocenters. The van der Waals surface area contributed by atoms with Crippen molar-refractivity contribution in [3.63, 3.8) is 0 Å². The van der Waals surface area contributed by atoms with Crippen molar-refractivity contribution in [1.82, 2.24) is 14.6 Å². The Morgan fingerprint density at radius 2 is 2.06 bits per heavy atom. The summed E-state index contributed by atoms with van der Waals surface area (Å²) >= 11 is 5.99. The minimum Gasteiger partial charge on any atom is -0.371 e. The summed E-state index contributed by atoms with van der Waals surface area (Å²) in [6.07, 6.45) is 4.87. The van der Waals surface area contributed by atoms with Crippen LogP contribution >= 0.6 is 11.6 Å². The first-order valence-electron chi connectivity index (χ1n) is 6.21. The van der Waals surface area contributed by atoms with E-state index in [1.165, 1.54) is 0 Å². The SMILES string of the molecule is Clc1nc(N2C[C@H]3CC[C@@H](C2)O3)c2cccn2n1. The molecule has 0 radical (unpaired) electrons. The number of halogens is 1. The zero-order chi connectivity index (χ0) is 12.1. The van der Waals surface area contributed by atoms with Crippen LogP contribution in [0.5, 0.6) is 0 Å². The molecule has 0 spiro atoms. The number of hydrogen-bond acceptors (Lipinski definition) is 4. The van der Waals surface area contributed by atoms with Gasteiger partial charge in [0.1, 0.15) is 5.52 Å². The Kier molecular flexibility index (Phi) is 2.25. The van der Waals surface area contributed by atoms with Gasteiger partial charge in [-0.1, -0.05) is 0 Å². The van der Waals surface area contributed by atoms with Gasteiger partial charge in [-0.3, -0.25) is 0 Å². The number of anilines is 1. The first-order chi connectivity index (χ1) is 8.79. The van der Waals surface area contributed by atoms with Gasteiger partial charge in [-0.15, -0.1) is 5.10 Å². The van der Waals surface area contributed by atoms with E-state index in [4.69, 9.17) is 16.3 Å². The standard InChI is InChI=1S/C12H13ClN4O/c13-12-14-11(10-2-1-5-17(10)15-12)16-6-8-3-4-9(7-16)18-8/h1-2,5,8-9H,3-4,6-7H2/t8-,9+. The summed E-state index contributed by atoms with van der Waals surface area (Å²) in [5, 5.41) is 4.44. The van der Waals surface area contributed by atoms with Gasteiger partial charge in [0.25, 0.3) is 0 Å². The van der Waals surface area contributed by atoms with Gasteiger partial charge in [-0.25, -0.2) is 4.52 Å². The summed E-state index contributed by atoms with van der Waals surface area (Å²) in [7, 11) is 0. The van der Waals surface area contributed by atoms with Crippen LogP contribution < -0.4 is 4.90 Å². The van der Waals surface area contributed by atoms with Gasteiger partial charge in [0.2, 0.25) is 5.28 Å². The fourth-order valence-corrected chi connectivity index (χ4v) is 3.07. The second kappa shape index (κ2) is 3.83. The lowest BCUT2D eigenvalue weighted by Gasteiger charge is -2.33. The van der Waals surface area contributed by atoms with Crippen LogP contribution in [0.1, 0.15) is 12.8 Å². The van der Waals surface area contributed by atoms with Crippen LogP contribution in [0.15, 0.2) is 18.3 Å². The van der Waals surface area contributed by atoms with Gasteiger partial charge in [-0.2, -0.15) is 4.98 Å². The van der Waals surface area contributed by atoms with E-state index in [9.17, 15) is 0 Å². The third kappa shape index (κ3) is 1.58.